The molecular weight excluding hydrogens is 611 g/mol. The van der Waals surface area contributed by atoms with Crippen LogP contribution in [-0.4, -0.2) is 20.9 Å². The smallest absolute Gasteiger partial charge is 0.147 e. The molecule has 8 rings (SSSR count). The highest BCUT2D eigenvalue weighted by Gasteiger charge is 2.20. The monoisotopic (exact) mass is 647 g/mol. The molecule has 0 bridgehead atoms. The number of aliphatic imine (C=N–C) groups is 1. The van der Waals surface area contributed by atoms with E-state index in [0.29, 0.717) is 5.56 Å². The molecule has 1 N–H and O–H groups in total. The summed E-state index contributed by atoms with van der Waals surface area (Å²) in [6.07, 6.45) is 1.75. The second kappa shape index (κ2) is 12.6. The third kappa shape index (κ3) is 5.86. The molecule has 1 heterocycles. The van der Waals surface area contributed by atoms with Crippen molar-refractivity contribution in [2.75, 3.05) is 0 Å². The summed E-state index contributed by atoms with van der Waals surface area (Å²) in [5.74, 6) is 0.996. The van der Waals surface area contributed by atoms with Gasteiger partial charge in [0.1, 0.15) is 11.6 Å². The zero-order chi connectivity index (χ0) is 34.2. The van der Waals surface area contributed by atoms with Crippen molar-refractivity contribution in [2.45, 2.75) is 26.2 Å². The summed E-state index contributed by atoms with van der Waals surface area (Å²) in [7, 11) is 0. The SMILES string of the molecule is CC(C)(C)c1ccc(O)c(C=Nc2ccccc2-c2nc3c(-c4cccc(-c5ccc6ccccc6c5)c4)cccc3n2-c2ccccc2)c1. The fraction of sp³-hybridized carbons (Fsp3) is 0.0870. The zero-order valence-electron chi connectivity index (χ0n) is 28.4. The van der Waals surface area contributed by atoms with E-state index in [0.717, 1.165) is 56.0 Å². The Balaban J connectivity index is 1.28. The first-order valence-electron chi connectivity index (χ1n) is 17.0. The number of benzene rings is 7. The first-order chi connectivity index (χ1) is 24.3. The fourth-order valence-corrected chi connectivity index (χ4v) is 6.63. The molecule has 8 aromatic rings. The van der Waals surface area contributed by atoms with Gasteiger partial charge < -0.3 is 5.11 Å². The Bertz CT molecular complexity index is 2540. The normalized spacial score (nSPS) is 11.9. The molecule has 0 unspecified atom stereocenters. The van der Waals surface area contributed by atoms with Crippen molar-refractivity contribution in [2.24, 2.45) is 4.99 Å². The number of nitrogens with zero attached hydrogens (tertiary/aromatic N) is 3. The number of hydrogen-bond donors (Lipinski definition) is 1. The van der Waals surface area contributed by atoms with Crippen molar-refractivity contribution in [1.29, 1.82) is 0 Å². The van der Waals surface area contributed by atoms with Gasteiger partial charge in [-0.15, -0.1) is 0 Å². The van der Waals surface area contributed by atoms with E-state index >= 15 is 0 Å². The summed E-state index contributed by atoms with van der Waals surface area (Å²) in [5, 5.41) is 13.2. The van der Waals surface area contributed by atoms with E-state index in [-0.39, 0.29) is 11.2 Å². The van der Waals surface area contributed by atoms with E-state index in [1.807, 2.05) is 36.4 Å². The average molecular weight is 648 g/mol. The molecule has 1 aromatic heterocycles. The van der Waals surface area contributed by atoms with Crippen molar-refractivity contribution in [1.82, 2.24) is 9.55 Å². The van der Waals surface area contributed by atoms with Gasteiger partial charge in [-0.1, -0.05) is 124 Å². The van der Waals surface area contributed by atoms with Crippen molar-refractivity contribution in [3.63, 3.8) is 0 Å². The number of hydrogen-bond acceptors (Lipinski definition) is 3. The maximum Gasteiger partial charge on any atom is 0.147 e. The van der Waals surface area contributed by atoms with Crippen LogP contribution in [0.25, 0.3) is 61.1 Å². The van der Waals surface area contributed by atoms with Gasteiger partial charge in [-0.05, 0) is 93.0 Å². The number of para-hydroxylation sites is 3. The van der Waals surface area contributed by atoms with E-state index in [2.05, 4.69) is 141 Å². The second-order valence-electron chi connectivity index (χ2n) is 13.7. The summed E-state index contributed by atoms with van der Waals surface area (Å²) >= 11 is 0. The Morgan fingerprint density at radius 2 is 1.30 bits per heavy atom. The van der Waals surface area contributed by atoms with Crippen LogP contribution in [-0.2, 0) is 5.41 Å². The van der Waals surface area contributed by atoms with Crippen LogP contribution in [0.3, 0.4) is 0 Å². The van der Waals surface area contributed by atoms with Crippen LogP contribution in [0.5, 0.6) is 5.75 Å². The van der Waals surface area contributed by atoms with Gasteiger partial charge in [-0.3, -0.25) is 9.56 Å². The standard InChI is InChI=1S/C46H37N3O/c1-46(2,3)37-25-26-43(50)36(29-37)30-47-41-21-10-9-19-40(41)45-48-44-39(20-12-22-42(44)49(45)38-17-5-4-6-18-38)35-16-11-15-33(28-35)34-24-23-31-13-7-8-14-32(31)27-34/h4-30,50H,1-3H3. The predicted molar refractivity (Wildman–Crippen MR) is 209 cm³/mol. The van der Waals surface area contributed by atoms with E-state index in [1.54, 1.807) is 12.3 Å². The molecule has 0 saturated carbocycles. The lowest BCUT2D eigenvalue weighted by Gasteiger charge is -2.19. The average Bonchev–Trinajstić information content (AvgIpc) is 3.54. The summed E-state index contributed by atoms with van der Waals surface area (Å²) < 4.78 is 2.22. The molecule has 0 aliphatic carbocycles. The van der Waals surface area contributed by atoms with E-state index in [9.17, 15) is 5.11 Å². The van der Waals surface area contributed by atoms with Gasteiger partial charge in [0.05, 0.1) is 16.7 Å². The third-order valence-corrected chi connectivity index (χ3v) is 9.34. The van der Waals surface area contributed by atoms with E-state index in [1.165, 1.54) is 16.3 Å². The van der Waals surface area contributed by atoms with Gasteiger partial charge in [0.15, 0.2) is 0 Å². The highest BCUT2D eigenvalue weighted by molar-refractivity contribution is 5.98. The molecule has 0 aliphatic heterocycles. The highest BCUT2D eigenvalue weighted by Crippen LogP contribution is 2.39. The van der Waals surface area contributed by atoms with Gasteiger partial charge in [-0.2, -0.15) is 0 Å². The predicted octanol–water partition coefficient (Wildman–Crippen LogP) is 11.9. The van der Waals surface area contributed by atoms with Crippen molar-refractivity contribution in [3.05, 3.63) is 169 Å². The van der Waals surface area contributed by atoms with Crippen LogP contribution in [0, 0.1) is 0 Å². The molecule has 0 radical (unpaired) electrons. The Hall–Kier alpha value is -6.26. The molecule has 0 atom stereocenters. The van der Waals surface area contributed by atoms with Crippen LogP contribution >= 0.6 is 0 Å². The summed E-state index contributed by atoms with van der Waals surface area (Å²) in [5.41, 5.74) is 10.9. The minimum Gasteiger partial charge on any atom is -0.507 e. The minimum atomic E-state index is -0.0541. The minimum absolute atomic E-state index is 0.0541. The van der Waals surface area contributed by atoms with Gasteiger partial charge in [0.2, 0.25) is 0 Å². The van der Waals surface area contributed by atoms with Crippen LogP contribution in [0.1, 0.15) is 31.9 Å². The molecule has 0 spiro atoms. The first kappa shape index (κ1) is 31.0. The third-order valence-electron chi connectivity index (χ3n) is 9.34. The molecule has 4 nitrogen and oxygen atoms in total. The lowest BCUT2D eigenvalue weighted by atomic mass is 9.86. The Labute approximate surface area is 292 Å². The molecule has 242 valence electrons. The first-order valence-corrected chi connectivity index (χ1v) is 17.0. The van der Waals surface area contributed by atoms with Crippen LogP contribution in [0.4, 0.5) is 5.69 Å². The lowest BCUT2D eigenvalue weighted by molar-refractivity contribution is 0.473. The van der Waals surface area contributed by atoms with Crippen molar-refractivity contribution in [3.8, 4) is 45.1 Å². The summed E-state index contributed by atoms with van der Waals surface area (Å²) in [6.45, 7) is 6.49. The quantitative estimate of drug-likeness (QED) is 0.183. The molecule has 50 heavy (non-hydrogen) atoms. The molecule has 7 aromatic carbocycles. The van der Waals surface area contributed by atoms with Crippen LogP contribution in [0.2, 0.25) is 0 Å². The van der Waals surface area contributed by atoms with Gasteiger partial charge in [-0.25, -0.2) is 4.98 Å². The van der Waals surface area contributed by atoms with E-state index in [4.69, 9.17) is 9.98 Å². The molecule has 0 aliphatic rings. The number of phenols is 1. The molecule has 0 saturated heterocycles. The lowest BCUT2D eigenvalue weighted by Crippen LogP contribution is -2.11. The maximum atomic E-state index is 10.7. The van der Waals surface area contributed by atoms with Gasteiger partial charge in [0, 0.05) is 28.6 Å². The van der Waals surface area contributed by atoms with Crippen LogP contribution in [0.15, 0.2) is 163 Å². The maximum absolute atomic E-state index is 10.7. The number of fused-ring (bicyclic) bond motifs is 2. The number of rotatable bonds is 6. The number of imidazole rings is 1. The number of aromatic nitrogens is 2. The van der Waals surface area contributed by atoms with Crippen molar-refractivity contribution >= 4 is 33.7 Å². The summed E-state index contributed by atoms with van der Waals surface area (Å²) in [6, 6.07) is 54.4. The van der Waals surface area contributed by atoms with E-state index < -0.39 is 0 Å². The Kier molecular flexibility index (Phi) is 7.85. The topological polar surface area (TPSA) is 50.4 Å². The Morgan fingerprint density at radius 3 is 2.14 bits per heavy atom. The van der Waals surface area contributed by atoms with Gasteiger partial charge in [0.25, 0.3) is 0 Å². The molecule has 0 amide bonds. The van der Waals surface area contributed by atoms with Gasteiger partial charge >= 0.3 is 0 Å². The number of aromatic hydroxyl groups is 1. The Morgan fingerprint density at radius 1 is 0.600 bits per heavy atom. The largest absolute Gasteiger partial charge is 0.507 e. The second-order valence-corrected chi connectivity index (χ2v) is 13.7. The highest BCUT2D eigenvalue weighted by atomic mass is 16.3. The van der Waals surface area contributed by atoms with Crippen LogP contribution < -0.4 is 0 Å². The number of phenolic OH excluding ortho intramolecular Hbond substituents is 1. The molecule has 0 fully saturated rings. The zero-order valence-corrected chi connectivity index (χ0v) is 28.4. The molecular formula is C46H37N3O. The fourth-order valence-electron chi connectivity index (χ4n) is 6.63. The van der Waals surface area contributed by atoms with Crippen molar-refractivity contribution < 1.29 is 5.11 Å². The summed E-state index contributed by atoms with van der Waals surface area (Å²) in [4.78, 5) is 10.3. The molecule has 4 heteroatoms.